The van der Waals surface area contributed by atoms with Crippen LogP contribution in [0.3, 0.4) is 0 Å². The van der Waals surface area contributed by atoms with Crippen molar-refractivity contribution in [3.63, 3.8) is 0 Å². The molecule has 0 atom stereocenters. The van der Waals surface area contributed by atoms with Gasteiger partial charge in [-0.15, -0.1) is 0 Å². The van der Waals surface area contributed by atoms with E-state index in [-0.39, 0.29) is 17.9 Å². The van der Waals surface area contributed by atoms with Crippen molar-refractivity contribution in [2.24, 2.45) is 0 Å². The third-order valence-corrected chi connectivity index (χ3v) is 4.44. The predicted molar refractivity (Wildman–Crippen MR) is 103 cm³/mol. The number of nitrogens with zero attached hydrogens (tertiary/aromatic N) is 1. The molecule has 1 aliphatic heterocycles. The molecule has 4 amide bonds. The molecule has 1 fully saturated rings. The Labute approximate surface area is 166 Å². The molecule has 0 bridgehead atoms. The van der Waals surface area contributed by atoms with E-state index < -0.39 is 17.8 Å². The topological polar surface area (TPSA) is 84.9 Å². The summed E-state index contributed by atoms with van der Waals surface area (Å²) >= 11 is 0. The fourth-order valence-corrected chi connectivity index (χ4v) is 2.90. The summed E-state index contributed by atoms with van der Waals surface area (Å²) < 4.78 is 23.4. The Kier molecular flexibility index (Phi) is 5.92. The van der Waals surface area contributed by atoms with Crippen LogP contribution in [0.1, 0.15) is 11.1 Å². The Morgan fingerprint density at radius 3 is 2.34 bits per heavy atom. The van der Waals surface area contributed by atoms with Crippen LogP contribution >= 0.6 is 0 Å². The fraction of sp³-hybridized carbons (Fsp3) is 0.190. The fourth-order valence-electron chi connectivity index (χ4n) is 2.90. The second kappa shape index (κ2) is 8.55. The number of amides is 4. The van der Waals surface area contributed by atoms with Gasteiger partial charge in [0.25, 0.3) is 11.8 Å². The van der Waals surface area contributed by atoms with Gasteiger partial charge >= 0.3 is 6.03 Å². The molecule has 3 rings (SSSR count). The lowest BCUT2D eigenvalue weighted by Gasteiger charge is -2.26. The molecular weight excluding hydrogens is 379 g/mol. The smallest absolute Gasteiger partial charge is 0.331 e. The minimum absolute atomic E-state index is 0.0485. The molecule has 1 aliphatic rings. The Bertz CT molecular complexity index is 985. The van der Waals surface area contributed by atoms with Gasteiger partial charge in [0.05, 0.1) is 14.2 Å². The number of hydrogen-bond donors (Lipinski definition) is 1. The van der Waals surface area contributed by atoms with E-state index in [2.05, 4.69) is 5.32 Å². The van der Waals surface area contributed by atoms with E-state index in [0.29, 0.717) is 23.5 Å². The van der Waals surface area contributed by atoms with Crippen molar-refractivity contribution in [1.82, 2.24) is 10.2 Å². The van der Waals surface area contributed by atoms with Gasteiger partial charge in [0.2, 0.25) is 0 Å². The number of barbiturate groups is 1. The number of nitrogens with one attached hydrogen (secondary N) is 1. The summed E-state index contributed by atoms with van der Waals surface area (Å²) in [5.41, 5.74) is 1.12. The van der Waals surface area contributed by atoms with Gasteiger partial charge in [-0.2, -0.15) is 0 Å². The van der Waals surface area contributed by atoms with Gasteiger partial charge in [0, 0.05) is 6.54 Å². The number of ether oxygens (including phenoxy) is 2. The summed E-state index contributed by atoms with van der Waals surface area (Å²) in [5.74, 6) is -0.894. The van der Waals surface area contributed by atoms with E-state index in [4.69, 9.17) is 9.47 Å². The third-order valence-electron chi connectivity index (χ3n) is 4.44. The maximum atomic E-state index is 13.0. The second-order valence-electron chi connectivity index (χ2n) is 6.26. The van der Waals surface area contributed by atoms with Crippen molar-refractivity contribution in [3.8, 4) is 11.5 Å². The van der Waals surface area contributed by atoms with E-state index >= 15 is 0 Å². The minimum atomic E-state index is -0.786. The van der Waals surface area contributed by atoms with E-state index in [1.54, 1.807) is 30.3 Å². The van der Waals surface area contributed by atoms with E-state index in [1.165, 1.54) is 32.4 Å². The van der Waals surface area contributed by atoms with Crippen molar-refractivity contribution < 1.29 is 28.2 Å². The zero-order valence-corrected chi connectivity index (χ0v) is 15.9. The Hall–Kier alpha value is -3.68. The van der Waals surface area contributed by atoms with Gasteiger partial charge in [-0.25, -0.2) is 9.18 Å². The van der Waals surface area contributed by atoms with Crippen molar-refractivity contribution in [1.29, 1.82) is 0 Å². The van der Waals surface area contributed by atoms with Crippen molar-refractivity contribution in [2.75, 3.05) is 20.8 Å². The van der Waals surface area contributed by atoms with E-state index in [0.717, 1.165) is 10.5 Å². The highest BCUT2D eigenvalue weighted by Gasteiger charge is 2.35. The standard InChI is InChI=1S/C21H19FN2O5/c1-28-17-8-5-14(12-18(17)29-2)11-16-19(25)23-21(27)24(20(16)26)10-9-13-3-6-15(22)7-4-13/h3-8,11-12H,9-10H2,1-2H3,(H,23,25,27)/b16-11-. The molecule has 1 heterocycles. The SMILES string of the molecule is COc1ccc(/C=C2/C(=O)NC(=O)N(CCc3ccc(F)cc3)C2=O)cc1OC. The van der Waals surface area contributed by atoms with Crippen LogP contribution in [0.15, 0.2) is 48.0 Å². The Morgan fingerprint density at radius 1 is 1.00 bits per heavy atom. The number of urea groups is 1. The number of hydrogen-bond acceptors (Lipinski definition) is 5. The number of benzene rings is 2. The summed E-state index contributed by atoms with van der Waals surface area (Å²) in [7, 11) is 2.97. The summed E-state index contributed by atoms with van der Waals surface area (Å²) in [6.45, 7) is 0.0485. The van der Waals surface area contributed by atoms with Crippen LogP contribution in [0.2, 0.25) is 0 Å². The van der Waals surface area contributed by atoms with Crippen LogP contribution in [-0.2, 0) is 16.0 Å². The van der Waals surface area contributed by atoms with Gasteiger partial charge in [-0.3, -0.25) is 19.8 Å². The van der Waals surface area contributed by atoms with Crippen molar-refractivity contribution in [3.05, 3.63) is 65.0 Å². The van der Waals surface area contributed by atoms with Crippen LogP contribution in [0.25, 0.3) is 6.08 Å². The molecule has 2 aromatic carbocycles. The highest BCUT2D eigenvalue weighted by atomic mass is 19.1. The average molecular weight is 398 g/mol. The normalized spacial score (nSPS) is 15.5. The minimum Gasteiger partial charge on any atom is -0.493 e. The first-order valence-corrected chi connectivity index (χ1v) is 8.78. The lowest BCUT2D eigenvalue weighted by molar-refractivity contribution is -0.130. The zero-order valence-electron chi connectivity index (χ0n) is 15.9. The highest BCUT2D eigenvalue weighted by Crippen LogP contribution is 2.28. The molecule has 150 valence electrons. The number of methoxy groups -OCH3 is 2. The molecule has 1 N–H and O–H groups in total. The van der Waals surface area contributed by atoms with Crippen molar-refractivity contribution in [2.45, 2.75) is 6.42 Å². The summed E-state index contributed by atoms with van der Waals surface area (Å²) in [5, 5.41) is 2.17. The first kappa shape index (κ1) is 20.1. The first-order valence-electron chi connectivity index (χ1n) is 8.78. The predicted octanol–water partition coefficient (Wildman–Crippen LogP) is 2.55. The molecule has 0 spiro atoms. The van der Waals surface area contributed by atoms with Gasteiger partial charge in [-0.1, -0.05) is 18.2 Å². The maximum Gasteiger partial charge on any atom is 0.331 e. The largest absolute Gasteiger partial charge is 0.493 e. The molecule has 0 aromatic heterocycles. The Balaban J connectivity index is 1.82. The van der Waals surface area contributed by atoms with Crippen LogP contribution in [0, 0.1) is 5.82 Å². The summed E-state index contributed by atoms with van der Waals surface area (Å²) in [4.78, 5) is 38.1. The lowest BCUT2D eigenvalue weighted by atomic mass is 10.1. The molecule has 1 saturated heterocycles. The molecule has 0 aliphatic carbocycles. The molecule has 0 radical (unpaired) electrons. The van der Waals surface area contributed by atoms with Crippen LogP contribution < -0.4 is 14.8 Å². The van der Waals surface area contributed by atoms with Crippen LogP contribution in [0.5, 0.6) is 11.5 Å². The first-order chi connectivity index (χ1) is 13.9. The number of imide groups is 2. The second-order valence-corrected chi connectivity index (χ2v) is 6.26. The third kappa shape index (κ3) is 4.43. The van der Waals surface area contributed by atoms with Crippen molar-refractivity contribution >= 4 is 23.9 Å². The molecule has 8 heteroatoms. The number of carbonyl (C=O) groups is 3. The lowest BCUT2D eigenvalue weighted by Crippen LogP contribution is -2.54. The average Bonchev–Trinajstić information content (AvgIpc) is 2.72. The molecular formula is C21H19FN2O5. The number of rotatable bonds is 6. The quantitative estimate of drug-likeness (QED) is 0.597. The summed E-state index contributed by atoms with van der Waals surface area (Å²) in [6.07, 6.45) is 1.72. The number of carbonyl (C=O) groups excluding carboxylic acids is 3. The van der Waals surface area contributed by atoms with Crippen LogP contribution in [-0.4, -0.2) is 43.5 Å². The van der Waals surface area contributed by atoms with Gasteiger partial charge in [0.1, 0.15) is 11.4 Å². The van der Waals surface area contributed by atoms with Crippen LogP contribution in [0.4, 0.5) is 9.18 Å². The molecule has 0 saturated carbocycles. The molecule has 0 unspecified atom stereocenters. The number of halogens is 1. The maximum absolute atomic E-state index is 13.0. The van der Waals surface area contributed by atoms with Gasteiger partial charge in [0.15, 0.2) is 11.5 Å². The molecule has 7 nitrogen and oxygen atoms in total. The highest BCUT2D eigenvalue weighted by molar-refractivity contribution is 6.31. The molecule has 2 aromatic rings. The zero-order chi connectivity index (χ0) is 21.0. The van der Waals surface area contributed by atoms with Gasteiger partial charge in [-0.05, 0) is 47.9 Å². The van der Waals surface area contributed by atoms with E-state index in [1.807, 2.05) is 0 Å². The van der Waals surface area contributed by atoms with Gasteiger partial charge < -0.3 is 9.47 Å². The molecule has 29 heavy (non-hydrogen) atoms. The van der Waals surface area contributed by atoms with E-state index in [9.17, 15) is 18.8 Å². The summed E-state index contributed by atoms with van der Waals surface area (Å²) in [6, 6.07) is 9.90. The Morgan fingerprint density at radius 2 is 1.69 bits per heavy atom. The monoisotopic (exact) mass is 398 g/mol.